The van der Waals surface area contributed by atoms with Crippen molar-refractivity contribution in [2.24, 2.45) is 0 Å². The topological polar surface area (TPSA) is 76.8 Å². The Hall–Kier alpha value is -2.12. The molecule has 8 heteroatoms. The van der Waals surface area contributed by atoms with Gasteiger partial charge in [-0.05, 0) is 53.4 Å². The number of benzene rings is 1. The normalized spacial score (nSPS) is 19.3. The van der Waals surface area contributed by atoms with Crippen LogP contribution in [-0.4, -0.2) is 36.2 Å². The molecule has 28 heavy (non-hydrogen) atoms. The predicted octanol–water partition coefficient (Wildman–Crippen LogP) is 4.35. The molecule has 1 heterocycles. The van der Waals surface area contributed by atoms with E-state index in [1.165, 1.54) is 11.0 Å². The summed E-state index contributed by atoms with van der Waals surface area (Å²) < 4.78 is 10.6. The second-order valence-electron chi connectivity index (χ2n) is 6.60. The van der Waals surface area contributed by atoms with E-state index in [1.807, 2.05) is 0 Å². The number of ketones is 1. The molecule has 1 aliphatic carbocycles. The third kappa shape index (κ3) is 3.86. The number of amides is 1. The number of Topliss-reactive ketones (excluding diaryl/α,β-unsaturated/α-hetero) is 1. The molecule has 0 radical (unpaired) electrons. The summed E-state index contributed by atoms with van der Waals surface area (Å²) in [6, 6.07) is 10.0. The highest BCUT2D eigenvalue weighted by molar-refractivity contribution is 9.10. The van der Waals surface area contributed by atoms with Crippen LogP contribution < -0.4 is 0 Å². The van der Waals surface area contributed by atoms with Gasteiger partial charge in [-0.1, -0.05) is 29.8 Å². The molecule has 1 atom stereocenters. The molecule has 1 unspecified atom stereocenters. The maximum atomic E-state index is 13.0. The standard InChI is InChI=1S/C20H19BrClNO5/c1-23(18(25)12-27-19(26)15-9-10-17(21)28-15)20(11-5-4-8-16(20)24)13-6-2-3-7-14(13)22/h2-3,6-7,9-10H,4-5,8,11-12H2,1H3. The zero-order valence-corrected chi connectivity index (χ0v) is 17.6. The van der Waals surface area contributed by atoms with E-state index < -0.39 is 24.0 Å². The van der Waals surface area contributed by atoms with Crippen LogP contribution in [0, 0.1) is 0 Å². The highest BCUT2D eigenvalue weighted by Gasteiger charge is 2.48. The minimum atomic E-state index is -1.16. The predicted molar refractivity (Wildman–Crippen MR) is 106 cm³/mol. The van der Waals surface area contributed by atoms with Crippen molar-refractivity contribution in [3.63, 3.8) is 0 Å². The first-order chi connectivity index (χ1) is 13.4. The van der Waals surface area contributed by atoms with E-state index in [9.17, 15) is 14.4 Å². The quantitative estimate of drug-likeness (QED) is 0.610. The molecule has 148 valence electrons. The van der Waals surface area contributed by atoms with E-state index >= 15 is 0 Å². The number of carbonyl (C=O) groups is 3. The van der Waals surface area contributed by atoms with Crippen LogP contribution in [0.1, 0.15) is 41.8 Å². The monoisotopic (exact) mass is 467 g/mol. The maximum absolute atomic E-state index is 13.0. The number of rotatable bonds is 5. The van der Waals surface area contributed by atoms with Gasteiger partial charge in [-0.3, -0.25) is 9.59 Å². The number of hydrogen-bond acceptors (Lipinski definition) is 5. The Morgan fingerprint density at radius 2 is 2.00 bits per heavy atom. The van der Waals surface area contributed by atoms with Crippen molar-refractivity contribution in [2.75, 3.05) is 13.7 Å². The van der Waals surface area contributed by atoms with Crippen LogP contribution in [0.15, 0.2) is 45.5 Å². The van der Waals surface area contributed by atoms with Crippen molar-refractivity contribution in [3.8, 4) is 0 Å². The van der Waals surface area contributed by atoms with Crippen molar-refractivity contribution >= 4 is 45.2 Å². The molecule has 1 amide bonds. The molecule has 6 nitrogen and oxygen atoms in total. The number of nitrogens with zero attached hydrogens (tertiary/aromatic N) is 1. The number of halogens is 2. The van der Waals surface area contributed by atoms with Crippen LogP contribution in [-0.2, 0) is 19.9 Å². The number of carbonyl (C=O) groups excluding carboxylic acids is 3. The Balaban J connectivity index is 1.82. The molecular weight excluding hydrogens is 450 g/mol. The summed E-state index contributed by atoms with van der Waals surface area (Å²) in [6.45, 7) is -0.507. The average Bonchev–Trinajstić information content (AvgIpc) is 3.13. The lowest BCUT2D eigenvalue weighted by Gasteiger charge is -2.43. The van der Waals surface area contributed by atoms with Crippen LogP contribution >= 0.6 is 27.5 Å². The Labute approximate surface area is 175 Å². The van der Waals surface area contributed by atoms with E-state index in [1.54, 1.807) is 37.4 Å². The lowest BCUT2D eigenvalue weighted by molar-refractivity contribution is -0.150. The number of hydrogen-bond donors (Lipinski definition) is 0. The first kappa shape index (κ1) is 20.6. The molecule has 3 rings (SSSR count). The highest BCUT2D eigenvalue weighted by Crippen LogP contribution is 2.42. The summed E-state index contributed by atoms with van der Waals surface area (Å²) in [4.78, 5) is 39.2. The van der Waals surface area contributed by atoms with E-state index in [2.05, 4.69) is 15.9 Å². The first-order valence-corrected chi connectivity index (χ1v) is 10.0. The first-order valence-electron chi connectivity index (χ1n) is 8.83. The number of likely N-dealkylation sites (N-methyl/N-ethyl adjacent to an activating group) is 1. The van der Waals surface area contributed by atoms with Crippen molar-refractivity contribution in [2.45, 2.75) is 31.2 Å². The molecule has 0 bridgehead atoms. The molecule has 0 N–H and O–H groups in total. The van der Waals surface area contributed by atoms with Gasteiger partial charge in [0.25, 0.3) is 5.91 Å². The van der Waals surface area contributed by atoms with Gasteiger partial charge in [0.1, 0.15) is 5.54 Å². The third-order valence-electron chi connectivity index (χ3n) is 5.02. The Kier molecular flexibility index (Phi) is 6.25. The molecule has 0 saturated heterocycles. The van der Waals surface area contributed by atoms with Gasteiger partial charge in [0.05, 0.1) is 0 Å². The maximum Gasteiger partial charge on any atom is 0.374 e. The largest absolute Gasteiger partial charge is 0.450 e. The van der Waals surface area contributed by atoms with Crippen LogP contribution in [0.3, 0.4) is 0 Å². The second-order valence-corrected chi connectivity index (χ2v) is 7.79. The minimum Gasteiger partial charge on any atom is -0.450 e. The van der Waals surface area contributed by atoms with E-state index in [-0.39, 0.29) is 11.5 Å². The van der Waals surface area contributed by atoms with Crippen LogP contribution in [0.5, 0.6) is 0 Å². The Morgan fingerprint density at radius 1 is 1.25 bits per heavy atom. The lowest BCUT2D eigenvalue weighted by Crippen LogP contribution is -2.55. The van der Waals surface area contributed by atoms with E-state index in [0.29, 0.717) is 28.1 Å². The van der Waals surface area contributed by atoms with Crippen molar-refractivity contribution < 1.29 is 23.5 Å². The molecule has 1 aromatic carbocycles. The Bertz CT molecular complexity index is 912. The van der Waals surface area contributed by atoms with Crippen molar-refractivity contribution in [1.29, 1.82) is 0 Å². The van der Waals surface area contributed by atoms with Gasteiger partial charge in [0.15, 0.2) is 17.1 Å². The smallest absolute Gasteiger partial charge is 0.374 e. The fourth-order valence-corrected chi connectivity index (χ4v) is 4.16. The minimum absolute atomic E-state index is 0.0168. The number of esters is 1. The highest BCUT2D eigenvalue weighted by atomic mass is 79.9. The fraction of sp³-hybridized carbons (Fsp3) is 0.350. The SMILES string of the molecule is CN(C(=O)COC(=O)c1ccc(Br)o1)C1(c2ccccc2Cl)CCCCC1=O. The Morgan fingerprint density at radius 3 is 2.64 bits per heavy atom. The molecular formula is C20H19BrClNO5. The molecule has 0 aliphatic heterocycles. The average molecular weight is 469 g/mol. The number of ether oxygens (including phenoxy) is 1. The zero-order valence-electron chi connectivity index (χ0n) is 15.2. The van der Waals surface area contributed by atoms with Crippen LogP contribution in [0.4, 0.5) is 0 Å². The van der Waals surface area contributed by atoms with Gasteiger partial charge < -0.3 is 14.1 Å². The summed E-state index contributed by atoms with van der Waals surface area (Å²) in [5.41, 5.74) is -0.563. The van der Waals surface area contributed by atoms with Crippen LogP contribution in [0.2, 0.25) is 5.02 Å². The van der Waals surface area contributed by atoms with Gasteiger partial charge in [-0.15, -0.1) is 0 Å². The molecule has 1 saturated carbocycles. The fourth-order valence-electron chi connectivity index (χ4n) is 3.56. The van der Waals surface area contributed by atoms with Crippen LogP contribution in [0.25, 0.3) is 0 Å². The van der Waals surface area contributed by atoms with Gasteiger partial charge in [0.2, 0.25) is 5.76 Å². The van der Waals surface area contributed by atoms with Gasteiger partial charge in [-0.25, -0.2) is 4.79 Å². The molecule has 2 aromatic rings. The second kappa shape index (κ2) is 8.49. The molecule has 1 fully saturated rings. The summed E-state index contributed by atoms with van der Waals surface area (Å²) in [6.07, 6.45) is 2.39. The number of furan rings is 1. The molecule has 1 aliphatic rings. The van der Waals surface area contributed by atoms with Crippen molar-refractivity contribution in [3.05, 3.63) is 57.4 Å². The molecule has 0 spiro atoms. The third-order valence-corrected chi connectivity index (χ3v) is 5.78. The van der Waals surface area contributed by atoms with Gasteiger partial charge >= 0.3 is 5.97 Å². The summed E-state index contributed by atoms with van der Waals surface area (Å²) in [5, 5.41) is 0.426. The molecule has 1 aromatic heterocycles. The lowest BCUT2D eigenvalue weighted by atomic mass is 9.74. The van der Waals surface area contributed by atoms with Gasteiger partial charge in [-0.2, -0.15) is 0 Å². The zero-order chi connectivity index (χ0) is 20.3. The van der Waals surface area contributed by atoms with E-state index in [0.717, 1.165) is 12.8 Å². The van der Waals surface area contributed by atoms with Gasteiger partial charge in [0, 0.05) is 24.1 Å². The summed E-state index contributed by atoms with van der Waals surface area (Å²) in [7, 11) is 1.55. The summed E-state index contributed by atoms with van der Waals surface area (Å²) in [5.74, 6) is -1.33. The summed E-state index contributed by atoms with van der Waals surface area (Å²) >= 11 is 9.48. The van der Waals surface area contributed by atoms with E-state index in [4.69, 9.17) is 20.8 Å². The van der Waals surface area contributed by atoms with Crippen molar-refractivity contribution in [1.82, 2.24) is 4.90 Å².